The van der Waals surface area contributed by atoms with Crippen LogP contribution in [0.1, 0.15) is 18.4 Å². The molecule has 0 saturated carbocycles. The van der Waals surface area contributed by atoms with E-state index < -0.39 is 0 Å². The Morgan fingerprint density at radius 3 is 2.41 bits per heavy atom. The van der Waals surface area contributed by atoms with Crippen LogP contribution in [-0.2, 0) is 17.8 Å². The van der Waals surface area contributed by atoms with Crippen LogP contribution in [0.5, 0.6) is 0 Å². The van der Waals surface area contributed by atoms with Crippen molar-refractivity contribution in [3.05, 3.63) is 76.1 Å². The Hall–Kier alpha value is -2.77. The van der Waals surface area contributed by atoms with Gasteiger partial charge in [0, 0.05) is 50.6 Å². The fraction of sp³-hybridized carbons (Fsp3) is 0.400. The van der Waals surface area contributed by atoms with E-state index in [1.807, 2.05) is 6.07 Å². The fourth-order valence-electron chi connectivity index (χ4n) is 4.75. The highest BCUT2D eigenvalue weighted by Gasteiger charge is 2.22. The standard InChI is InChI=1S/C25H27F2N3O2/c26-20-5-7-22(8-6-20)29-11-9-28(10-12-29)16-19-14-18-3-4-21(27)15-24(18)30(25(19)31)17-23-2-1-13-32-23/h3-8,14-15,23H,1-2,9-13,16-17H2/t23-/m1/s1. The van der Waals surface area contributed by atoms with Gasteiger partial charge in [-0.1, -0.05) is 0 Å². The van der Waals surface area contributed by atoms with Crippen LogP contribution >= 0.6 is 0 Å². The first-order valence-electron chi connectivity index (χ1n) is 11.2. The summed E-state index contributed by atoms with van der Waals surface area (Å²) in [6.45, 7) is 4.96. The van der Waals surface area contributed by atoms with E-state index in [0.29, 0.717) is 25.2 Å². The lowest BCUT2D eigenvalue weighted by Gasteiger charge is -2.36. The largest absolute Gasteiger partial charge is 0.376 e. The maximum absolute atomic E-state index is 14.0. The number of pyridine rings is 1. The van der Waals surface area contributed by atoms with E-state index in [2.05, 4.69) is 9.80 Å². The van der Waals surface area contributed by atoms with Gasteiger partial charge in [-0.25, -0.2) is 8.78 Å². The Morgan fingerprint density at radius 1 is 0.938 bits per heavy atom. The Bertz CT molecular complexity index is 1150. The summed E-state index contributed by atoms with van der Waals surface area (Å²) in [5.41, 5.74) is 2.28. The summed E-state index contributed by atoms with van der Waals surface area (Å²) in [5, 5.41) is 0.865. The number of ether oxygens (including phenoxy) is 1. The van der Waals surface area contributed by atoms with Gasteiger partial charge >= 0.3 is 0 Å². The molecular weight excluding hydrogens is 412 g/mol. The van der Waals surface area contributed by atoms with Gasteiger partial charge in [0.05, 0.1) is 18.2 Å². The van der Waals surface area contributed by atoms with Crippen LogP contribution in [0.3, 0.4) is 0 Å². The van der Waals surface area contributed by atoms with Gasteiger partial charge in [0.1, 0.15) is 11.6 Å². The summed E-state index contributed by atoms with van der Waals surface area (Å²) in [6, 6.07) is 13.1. The first kappa shape index (κ1) is 21.1. The molecule has 0 N–H and O–H groups in total. The van der Waals surface area contributed by atoms with Crippen molar-refractivity contribution in [1.29, 1.82) is 0 Å². The molecule has 2 aliphatic heterocycles. The molecule has 3 aromatic rings. The minimum absolute atomic E-state index is 0.00586. The highest BCUT2D eigenvalue weighted by Crippen LogP contribution is 2.21. The minimum atomic E-state index is -0.345. The zero-order valence-electron chi connectivity index (χ0n) is 18.0. The van der Waals surface area contributed by atoms with Crippen molar-refractivity contribution < 1.29 is 13.5 Å². The number of hydrogen-bond donors (Lipinski definition) is 0. The number of piperazine rings is 1. The smallest absolute Gasteiger partial charge is 0.255 e. The lowest BCUT2D eigenvalue weighted by molar-refractivity contribution is 0.0970. The van der Waals surface area contributed by atoms with E-state index in [1.54, 1.807) is 22.8 Å². The van der Waals surface area contributed by atoms with Crippen molar-refractivity contribution in [3.8, 4) is 0 Å². The number of fused-ring (bicyclic) bond motifs is 1. The van der Waals surface area contributed by atoms with Crippen LogP contribution in [0.15, 0.2) is 53.3 Å². The molecule has 5 rings (SSSR count). The topological polar surface area (TPSA) is 37.7 Å². The van der Waals surface area contributed by atoms with Gasteiger partial charge < -0.3 is 14.2 Å². The molecule has 2 aromatic carbocycles. The number of nitrogens with zero attached hydrogens (tertiary/aromatic N) is 3. The predicted molar refractivity (Wildman–Crippen MR) is 121 cm³/mol. The minimum Gasteiger partial charge on any atom is -0.376 e. The molecule has 5 nitrogen and oxygen atoms in total. The second-order valence-corrected chi connectivity index (χ2v) is 8.66. The molecule has 32 heavy (non-hydrogen) atoms. The first-order valence-corrected chi connectivity index (χ1v) is 11.2. The monoisotopic (exact) mass is 439 g/mol. The number of anilines is 1. The fourth-order valence-corrected chi connectivity index (χ4v) is 4.75. The summed E-state index contributed by atoms with van der Waals surface area (Å²) in [5.74, 6) is -0.578. The average molecular weight is 440 g/mol. The van der Waals surface area contributed by atoms with Gasteiger partial charge in [0.15, 0.2) is 0 Å². The maximum atomic E-state index is 14.0. The van der Waals surface area contributed by atoms with Crippen molar-refractivity contribution in [1.82, 2.24) is 9.47 Å². The van der Waals surface area contributed by atoms with Crippen LogP contribution in [-0.4, -0.2) is 48.4 Å². The van der Waals surface area contributed by atoms with Gasteiger partial charge in [-0.05, 0) is 66.8 Å². The van der Waals surface area contributed by atoms with Gasteiger partial charge in [-0.15, -0.1) is 0 Å². The third kappa shape index (κ3) is 4.40. The number of halogens is 2. The Balaban J connectivity index is 1.36. The van der Waals surface area contributed by atoms with E-state index in [9.17, 15) is 13.6 Å². The van der Waals surface area contributed by atoms with Crippen molar-refractivity contribution in [3.63, 3.8) is 0 Å². The van der Waals surface area contributed by atoms with Crippen molar-refractivity contribution in [2.24, 2.45) is 0 Å². The SMILES string of the molecule is O=c1c(CN2CCN(c3ccc(F)cc3)CC2)cc2ccc(F)cc2n1C[C@H]1CCCO1. The molecule has 0 spiro atoms. The summed E-state index contributed by atoms with van der Waals surface area (Å²) < 4.78 is 34.6. The highest BCUT2D eigenvalue weighted by molar-refractivity contribution is 5.79. The van der Waals surface area contributed by atoms with Crippen LogP contribution in [0.2, 0.25) is 0 Å². The third-order valence-corrected chi connectivity index (χ3v) is 6.50. The van der Waals surface area contributed by atoms with E-state index in [4.69, 9.17) is 4.74 Å². The van der Waals surface area contributed by atoms with E-state index in [1.165, 1.54) is 24.3 Å². The molecular formula is C25H27F2N3O2. The van der Waals surface area contributed by atoms with Gasteiger partial charge in [0.25, 0.3) is 5.56 Å². The van der Waals surface area contributed by atoms with Gasteiger partial charge in [-0.3, -0.25) is 9.69 Å². The zero-order valence-corrected chi connectivity index (χ0v) is 18.0. The number of benzene rings is 2. The molecule has 0 amide bonds. The van der Waals surface area contributed by atoms with Gasteiger partial charge in [0.2, 0.25) is 0 Å². The quantitative estimate of drug-likeness (QED) is 0.607. The Labute approximate surface area is 185 Å². The Morgan fingerprint density at radius 2 is 1.69 bits per heavy atom. The second kappa shape index (κ2) is 9.00. The molecule has 2 saturated heterocycles. The van der Waals surface area contributed by atoms with Crippen molar-refractivity contribution >= 4 is 16.6 Å². The van der Waals surface area contributed by atoms with E-state index >= 15 is 0 Å². The second-order valence-electron chi connectivity index (χ2n) is 8.66. The van der Waals surface area contributed by atoms with Crippen LogP contribution in [0, 0.1) is 11.6 Å². The van der Waals surface area contributed by atoms with Crippen molar-refractivity contribution in [2.75, 3.05) is 37.7 Å². The molecule has 1 atom stereocenters. The number of hydrogen-bond acceptors (Lipinski definition) is 4. The molecule has 7 heteroatoms. The van der Waals surface area contributed by atoms with E-state index in [0.717, 1.165) is 55.7 Å². The zero-order chi connectivity index (χ0) is 22.1. The third-order valence-electron chi connectivity index (χ3n) is 6.50. The molecule has 0 aliphatic carbocycles. The lowest BCUT2D eigenvalue weighted by Crippen LogP contribution is -2.46. The van der Waals surface area contributed by atoms with Crippen LogP contribution < -0.4 is 10.5 Å². The van der Waals surface area contributed by atoms with E-state index in [-0.39, 0.29) is 23.3 Å². The molecule has 3 heterocycles. The van der Waals surface area contributed by atoms with Crippen LogP contribution in [0.25, 0.3) is 10.9 Å². The molecule has 2 fully saturated rings. The normalized spacial score (nSPS) is 19.7. The Kier molecular flexibility index (Phi) is 5.93. The molecule has 0 unspecified atom stereocenters. The first-order chi connectivity index (χ1) is 15.6. The number of rotatable bonds is 5. The molecule has 0 bridgehead atoms. The molecule has 168 valence electrons. The summed E-state index contributed by atoms with van der Waals surface area (Å²) >= 11 is 0. The summed E-state index contributed by atoms with van der Waals surface area (Å²) in [6.07, 6.45) is 1.90. The summed E-state index contributed by atoms with van der Waals surface area (Å²) in [7, 11) is 0. The molecule has 2 aliphatic rings. The molecule has 0 radical (unpaired) electrons. The van der Waals surface area contributed by atoms with Crippen molar-refractivity contribution in [2.45, 2.75) is 32.0 Å². The van der Waals surface area contributed by atoms with Crippen LogP contribution in [0.4, 0.5) is 14.5 Å². The highest BCUT2D eigenvalue weighted by atomic mass is 19.1. The predicted octanol–water partition coefficient (Wildman–Crippen LogP) is 3.78. The molecule has 1 aromatic heterocycles. The van der Waals surface area contributed by atoms with Gasteiger partial charge in [-0.2, -0.15) is 0 Å². The average Bonchev–Trinajstić information content (AvgIpc) is 3.31. The number of aromatic nitrogens is 1. The maximum Gasteiger partial charge on any atom is 0.255 e. The summed E-state index contributed by atoms with van der Waals surface area (Å²) in [4.78, 5) is 17.9. The lowest BCUT2D eigenvalue weighted by atomic mass is 10.1.